The topological polar surface area (TPSA) is 40.5 Å². The molecular weight excluding hydrogens is 308 g/mol. The van der Waals surface area contributed by atoms with Crippen molar-refractivity contribution in [2.24, 2.45) is 5.92 Å². The maximum absolute atomic E-state index is 10.6. The molecule has 2 rings (SSSR count). The average Bonchev–Trinajstić information content (AvgIpc) is 2.53. The van der Waals surface area contributed by atoms with Crippen LogP contribution in [-0.4, -0.2) is 10.2 Å². The number of hydrogen-bond acceptors (Lipinski definition) is 2. The van der Waals surface area contributed by atoms with E-state index in [9.17, 15) is 10.2 Å². The highest BCUT2D eigenvalue weighted by atomic mass is 16.3. The minimum atomic E-state index is 0.160. The molecule has 0 aromatic heterocycles. The van der Waals surface area contributed by atoms with Gasteiger partial charge < -0.3 is 10.2 Å². The van der Waals surface area contributed by atoms with Crippen LogP contribution in [0, 0.1) is 5.92 Å². The van der Waals surface area contributed by atoms with Crippen molar-refractivity contribution in [3.05, 3.63) is 47.1 Å². The largest absolute Gasteiger partial charge is 0.508 e. The molecule has 2 N–H and O–H groups in total. The van der Waals surface area contributed by atoms with Crippen LogP contribution in [-0.2, 0) is 6.42 Å². The van der Waals surface area contributed by atoms with E-state index in [4.69, 9.17) is 0 Å². The molecule has 0 saturated heterocycles. The van der Waals surface area contributed by atoms with Crippen molar-refractivity contribution in [2.75, 3.05) is 0 Å². The number of hydrogen-bond donors (Lipinski definition) is 2. The van der Waals surface area contributed by atoms with Crippen LogP contribution in [0.25, 0.3) is 0 Å². The molecule has 1 aliphatic carbocycles. The van der Waals surface area contributed by atoms with E-state index >= 15 is 0 Å². The highest BCUT2D eigenvalue weighted by Crippen LogP contribution is 2.45. The number of phenolic OH excluding ortho intramolecular Hbond substituents is 2. The summed E-state index contributed by atoms with van der Waals surface area (Å²) >= 11 is 0. The Morgan fingerprint density at radius 3 is 2.56 bits per heavy atom. The first-order valence-corrected chi connectivity index (χ1v) is 9.81. The minimum absolute atomic E-state index is 0.160. The van der Waals surface area contributed by atoms with Crippen LogP contribution in [0.1, 0.15) is 82.8 Å². The molecule has 0 saturated carbocycles. The lowest BCUT2D eigenvalue weighted by atomic mass is 9.72. The fraction of sp³-hybridized carbons (Fsp3) is 0.565. The Kier molecular flexibility index (Phi) is 7.16. The molecule has 0 heterocycles. The molecule has 2 nitrogen and oxygen atoms in total. The Morgan fingerprint density at radius 1 is 1.16 bits per heavy atom. The van der Waals surface area contributed by atoms with Crippen molar-refractivity contribution < 1.29 is 10.2 Å². The van der Waals surface area contributed by atoms with Crippen LogP contribution >= 0.6 is 0 Å². The van der Waals surface area contributed by atoms with E-state index in [2.05, 4.69) is 33.4 Å². The van der Waals surface area contributed by atoms with E-state index in [1.807, 2.05) is 6.07 Å². The zero-order chi connectivity index (χ0) is 18.4. The second-order valence-corrected chi connectivity index (χ2v) is 7.73. The average molecular weight is 343 g/mol. The fourth-order valence-corrected chi connectivity index (χ4v) is 4.10. The SMILES string of the molecule is C=C(C)C1CCC(C)=CC1c1c(O)cc(O)cc1CCCCCCC. The molecule has 25 heavy (non-hydrogen) atoms. The van der Waals surface area contributed by atoms with Crippen molar-refractivity contribution >= 4 is 0 Å². The summed E-state index contributed by atoms with van der Waals surface area (Å²) in [4.78, 5) is 0. The number of rotatable bonds is 8. The van der Waals surface area contributed by atoms with Gasteiger partial charge in [0.05, 0.1) is 0 Å². The van der Waals surface area contributed by atoms with Gasteiger partial charge in [0.2, 0.25) is 0 Å². The van der Waals surface area contributed by atoms with Gasteiger partial charge in [-0.25, -0.2) is 0 Å². The summed E-state index contributed by atoms with van der Waals surface area (Å²) in [7, 11) is 0. The van der Waals surface area contributed by atoms with Gasteiger partial charge in [0.25, 0.3) is 0 Å². The molecule has 0 radical (unpaired) electrons. The Balaban J connectivity index is 2.31. The predicted molar refractivity (Wildman–Crippen MR) is 106 cm³/mol. The first-order valence-electron chi connectivity index (χ1n) is 9.81. The number of allylic oxidation sites excluding steroid dienone is 3. The van der Waals surface area contributed by atoms with Crippen molar-refractivity contribution in [3.63, 3.8) is 0 Å². The third-order valence-corrected chi connectivity index (χ3v) is 5.49. The summed E-state index contributed by atoms with van der Waals surface area (Å²) in [5.74, 6) is 0.912. The Labute approximate surface area is 153 Å². The highest BCUT2D eigenvalue weighted by molar-refractivity contribution is 5.50. The number of phenols is 2. The molecule has 0 fully saturated rings. The summed E-state index contributed by atoms with van der Waals surface area (Å²) in [6.45, 7) is 10.7. The number of aryl methyl sites for hydroxylation is 1. The lowest BCUT2D eigenvalue weighted by Crippen LogP contribution is -2.18. The summed E-state index contributed by atoms with van der Waals surface area (Å²) in [5.41, 5.74) is 4.65. The molecule has 138 valence electrons. The number of benzene rings is 1. The van der Waals surface area contributed by atoms with Gasteiger partial charge in [0.1, 0.15) is 11.5 Å². The second kappa shape index (κ2) is 9.12. The molecule has 1 aromatic carbocycles. The monoisotopic (exact) mass is 342 g/mol. The van der Waals surface area contributed by atoms with Gasteiger partial charge in [-0.1, -0.05) is 56.4 Å². The van der Waals surface area contributed by atoms with Gasteiger partial charge in [-0.3, -0.25) is 0 Å². The third-order valence-electron chi connectivity index (χ3n) is 5.49. The molecule has 0 aliphatic heterocycles. The van der Waals surface area contributed by atoms with Gasteiger partial charge in [0.15, 0.2) is 0 Å². The molecule has 0 spiro atoms. The molecule has 0 bridgehead atoms. The predicted octanol–water partition coefficient (Wildman–Crippen LogP) is 6.63. The first kappa shape index (κ1) is 19.6. The Hall–Kier alpha value is -1.70. The van der Waals surface area contributed by atoms with Crippen LogP contribution < -0.4 is 0 Å². The lowest BCUT2D eigenvalue weighted by molar-refractivity contribution is 0.423. The quantitative estimate of drug-likeness (QED) is 0.411. The van der Waals surface area contributed by atoms with Gasteiger partial charge in [-0.15, -0.1) is 0 Å². The van der Waals surface area contributed by atoms with Crippen molar-refractivity contribution in [2.45, 2.75) is 78.1 Å². The standard InChI is InChI=1S/C23H34O2/c1-5-6-7-8-9-10-18-14-19(24)15-22(25)23(18)21-13-17(4)11-12-20(21)16(2)3/h13-15,20-21,24-25H,2,5-12H2,1,3-4H3. The molecule has 0 amide bonds. The van der Waals surface area contributed by atoms with Crippen molar-refractivity contribution in [1.29, 1.82) is 0 Å². The number of aromatic hydroxyl groups is 2. The lowest BCUT2D eigenvalue weighted by Gasteiger charge is -2.32. The van der Waals surface area contributed by atoms with E-state index in [0.29, 0.717) is 5.92 Å². The van der Waals surface area contributed by atoms with Crippen LogP contribution in [0.2, 0.25) is 0 Å². The normalized spacial score (nSPS) is 20.4. The first-order chi connectivity index (χ1) is 11.9. The molecule has 2 atom stereocenters. The van der Waals surface area contributed by atoms with E-state index in [1.54, 1.807) is 0 Å². The van der Waals surface area contributed by atoms with Crippen molar-refractivity contribution in [1.82, 2.24) is 0 Å². The minimum Gasteiger partial charge on any atom is -0.508 e. The zero-order valence-electron chi connectivity index (χ0n) is 16.1. The van der Waals surface area contributed by atoms with Gasteiger partial charge in [0, 0.05) is 17.5 Å². The summed E-state index contributed by atoms with van der Waals surface area (Å²) in [6, 6.07) is 3.34. The van der Waals surface area contributed by atoms with Gasteiger partial charge in [-0.05, 0) is 57.1 Å². The molecule has 1 aliphatic rings. The Bertz CT molecular complexity index is 627. The molecule has 2 unspecified atom stereocenters. The summed E-state index contributed by atoms with van der Waals surface area (Å²) in [6.07, 6.45) is 11.5. The molecule has 2 heteroatoms. The smallest absolute Gasteiger partial charge is 0.123 e. The van der Waals surface area contributed by atoms with E-state index in [-0.39, 0.29) is 17.4 Å². The Morgan fingerprint density at radius 2 is 1.88 bits per heavy atom. The highest BCUT2D eigenvalue weighted by Gasteiger charge is 2.29. The van der Waals surface area contributed by atoms with Crippen LogP contribution in [0.4, 0.5) is 0 Å². The van der Waals surface area contributed by atoms with Crippen LogP contribution in [0.5, 0.6) is 11.5 Å². The van der Waals surface area contributed by atoms with E-state index < -0.39 is 0 Å². The van der Waals surface area contributed by atoms with Gasteiger partial charge >= 0.3 is 0 Å². The molecular formula is C23H34O2. The summed E-state index contributed by atoms with van der Waals surface area (Å²) < 4.78 is 0. The summed E-state index contributed by atoms with van der Waals surface area (Å²) in [5, 5.41) is 20.6. The maximum Gasteiger partial charge on any atom is 0.123 e. The number of unbranched alkanes of at least 4 members (excludes halogenated alkanes) is 4. The van der Waals surface area contributed by atoms with E-state index in [0.717, 1.165) is 36.8 Å². The van der Waals surface area contributed by atoms with Crippen molar-refractivity contribution in [3.8, 4) is 11.5 Å². The maximum atomic E-state index is 10.6. The molecule has 1 aromatic rings. The van der Waals surface area contributed by atoms with E-state index in [1.165, 1.54) is 42.9 Å². The van der Waals surface area contributed by atoms with Crippen LogP contribution in [0.15, 0.2) is 35.9 Å². The van der Waals surface area contributed by atoms with Crippen LogP contribution in [0.3, 0.4) is 0 Å². The fourth-order valence-electron chi connectivity index (χ4n) is 4.10. The third kappa shape index (κ3) is 5.14. The second-order valence-electron chi connectivity index (χ2n) is 7.73. The zero-order valence-corrected chi connectivity index (χ0v) is 16.1. The van der Waals surface area contributed by atoms with Gasteiger partial charge in [-0.2, -0.15) is 0 Å².